The summed E-state index contributed by atoms with van der Waals surface area (Å²) >= 11 is 1.49. The third-order valence-corrected chi connectivity index (χ3v) is 4.49. The van der Waals surface area contributed by atoms with Gasteiger partial charge in [-0.3, -0.25) is 4.79 Å². The van der Waals surface area contributed by atoms with E-state index >= 15 is 0 Å². The molecule has 1 heterocycles. The zero-order valence-corrected chi connectivity index (χ0v) is 14.2. The van der Waals surface area contributed by atoms with Crippen molar-refractivity contribution in [3.63, 3.8) is 0 Å². The Kier molecular flexibility index (Phi) is 6.07. The number of aromatic nitrogens is 2. The van der Waals surface area contributed by atoms with Crippen LogP contribution < -0.4 is 5.32 Å². The van der Waals surface area contributed by atoms with Gasteiger partial charge in [-0.25, -0.2) is 4.98 Å². The maximum atomic E-state index is 11.1. The molecular weight excluding hydrogens is 294 g/mol. The van der Waals surface area contributed by atoms with Gasteiger partial charge in [-0.2, -0.15) is 4.37 Å². The highest BCUT2D eigenvalue weighted by atomic mass is 32.1. The first-order valence-electron chi connectivity index (χ1n) is 7.78. The van der Waals surface area contributed by atoms with Crippen molar-refractivity contribution in [2.75, 3.05) is 5.32 Å². The maximum absolute atomic E-state index is 11.1. The van der Waals surface area contributed by atoms with Gasteiger partial charge < -0.3 is 5.32 Å². The van der Waals surface area contributed by atoms with Gasteiger partial charge in [0.15, 0.2) is 0 Å². The molecule has 0 saturated heterocycles. The summed E-state index contributed by atoms with van der Waals surface area (Å²) in [6.45, 7) is 5.67. The van der Waals surface area contributed by atoms with Crippen LogP contribution in [0.4, 0.5) is 5.69 Å². The lowest BCUT2D eigenvalue weighted by molar-refractivity contribution is -0.114. The Morgan fingerprint density at radius 2 is 2.00 bits per heavy atom. The molecule has 1 N–H and O–H groups in total. The number of hydrogen-bond donors (Lipinski definition) is 1. The number of nitrogens with zero attached hydrogens (tertiary/aromatic N) is 2. The minimum Gasteiger partial charge on any atom is -0.326 e. The van der Waals surface area contributed by atoms with Crippen molar-refractivity contribution in [2.45, 2.75) is 52.4 Å². The summed E-state index contributed by atoms with van der Waals surface area (Å²) in [5.74, 6) is 1.09. The predicted molar refractivity (Wildman–Crippen MR) is 91.4 cm³/mol. The van der Waals surface area contributed by atoms with Crippen LogP contribution in [0.5, 0.6) is 0 Å². The molecule has 0 aliphatic carbocycles. The van der Waals surface area contributed by atoms with Crippen LogP contribution in [-0.4, -0.2) is 15.3 Å². The van der Waals surface area contributed by atoms with Crippen molar-refractivity contribution in [1.82, 2.24) is 9.36 Å². The average molecular weight is 317 g/mol. The number of rotatable bonds is 7. The predicted octanol–water partition coefficient (Wildman–Crippen LogP) is 4.52. The lowest BCUT2D eigenvalue weighted by Gasteiger charge is -2.15. The van der Waals surface area contributed by atoms with Crippen LogP contribution in [0.2, 0.25) is 0 Å². The number of hydrogen-bond acceptors (Lipinski definition) is 4. The van der Waals surface area contributed by atoms with E-state index in [-0.39, 0.29) is 5.91 Å². The zero-order chi connectivity index (χ0) is 15.9. The van der Waals surface area contributed by atoms with E-state index in [9.17, 15) is 4.79 Å². The fourth-order valence-electron chi connectivity index (χ4n) is 2.49. The molecule has 5 heteroatoms. The molecule has 0 bridgehead atoms. The van der Waals surface area contributed by atoms with Gasteiger partial charge in [0.25, 0.3) is 0 Å². The smallest absolute Gasteiger partial charge is 0.221 e. The van der Waals surface area contributed by atoms with Gasteiger partial charge in [-0.05, 0) is 42.6 Å². The number of carbonyl (C=O) groups is 1. The van der Waals surface area contributed by atoms with Gasteiger partial charge in [-0.1, -0.05) is 38.3 Å². The van der Waals surface area contributed by atoms with Crippen molar-refractivity contribution >= 4 is 23.1 Å². The van der Waals surface area contributed by atoms with Crippen LogP contribution in [-0.2, 0) is 4.79 Å². The summed E-state index contributed by atoms with van der Waals surface area (Å²) in [7, 11) is 0. The van der Waals surface area contributed by atoms with Crippen LogP contribution in [0, 0.1) is 6.92 Å². The number of anilines is 1. The molecule has 1 aromatic carbocycles. The fraction of sp³-hybridized carbons (Fsp3) is 0.471. The molecule has 22 heavy (non-hydrogen) atoms. The molecule has 1 aromatic heterocycles. The third kappa shape index (κ3) is 4.63. The van der Waals surface area contributed by atoms with Crippen LogP contribution in [0.3, 0.4) is 0 Å². The minimum atomic E-state index is -0.0491. The number of aryl methyl sites for hydroxylation is 1. The molecule has 4 nitrogen and oxygen atoms in total. The molecule has 0 aliphatic heterocycles. The monoisotopic (exact) mass is 317 g/mol. The van der Waals surface area contributed by atoms with Crippen LogP contribution in [0.25, 0.3) is 0 Å². The van der Waals surface area contributed by atoms with E-state index in [1.165, 1.54) is 43.3 Å². The molecule has 0 spiro atoms. The second-order valence-electron chi connectivity index (χ2n) is 5.53. The molecule has 118 valence electrons. The van der Waals surface area contributed by atoms with Crippen molar-refractivity contribution < 1.29 is 4.79 Å². The first-order valence-corrected chi connectivity index (χ1v) is 8.55. The Hall–Kier alpha value is -1.75. The summed E-state index contributed by atoms with van der Waals surface area (Å²) in [4.78, 5) is 15.7. The van der Waals surface area contributed by atoms with Gasteiger partial charge in [0.1, 0.15) is 10.8 Å². The van der Waals surface area contributed by atoms with E-state index < -0.39 is 0 Å². The number of unbranched alkanes of at least 4 members (excludes halogenated alkanes) is 2. The molecule has 2 rings (SSSR count). The standard InChI is InChI=1S/C17H23N3OS/c1-4-5-6-7-16(17-18-12(2)20-22-17)14-8-10-15(11-9-14)19-13(3)21/h8-11,16H,4-7H2,1-3H3,(H,19,21). The molecular formula is C17H23N3OS. The second-order valence-corrected chi connectivity index (χ2v) is 6.31. The van der Waals surface area contributed by atoms with Crippen LogP contribution >= 0.6 is 11.5 Å². The summed E-state index contributed by atoms with van der Waals surface area (Å²) < 4.78 is 4.32. The highest BCUT2D eigenvalue weighted by Crippen LogP contribution is 2.31. The van der Waals surface area contributed by atoms with Gasteiger partial charge in [0, 0.05) is 18.5 Å². The Morgan fingerprint density at radius 1 is 1.27 bits per heavy atom. The van der Waals surface area contributed by atoms with Gasteiger partial charge in [-0.15, -0.1) is 0 Å². The lowest BCUT2D eigenvalue weighted by atomic mass is 9.93. The van der Waals surface area contributed by atoms with Gasteiger partial charge in [0.2, 0.25) is 5.91 Å². The van der Waals surface area contributed by atoms with E-state index in [0.29, 0.717) is 5.92 Å². The van der Waals surface area contributed by atoms with Crippen molar-refractivity contribution in [3.8, 4) is 0 Å². The first kappa shape index (κ1) is 16.6. The first-order chi connectivity index (χ1) is 10.6. The Balaban J connectivity index is 2.18. The lowest BCUT2D eigenvalue weighted by Crippen LogP contribution is -2.06. The topological polar surface area (TPSA) is 54.9 Å². The summed E-state index contributed by atoms with van der Waals surface area (Å²) in [5.41, 5.74) is 2.07. The Morgan fingerprint density at radius 3 is 2.55 bits per heavy atom. The van der Waals surface area contributed by atoms with Gasteiger partial charge in [0.05, 0.1) is 0 Å². The molecule has 1 atom stereocenters. The second kappa shape index (κ2) is 8.03. The molecule has 1 amide bonds. The number of amides is 1. The summed E-state index contributed by atoms with van der Waals surface area (Å²) in [6, 6.07) is 8.08. The fourth-order valence-corrected chi connectivity index (χ4v) is 3.31. The molecule has 0 saturated carbocycles. The van der Waals surface area contributed by atoms with Crippen molar-refractivity contribution in [2.24, 2.45) is 0 Å². The third-order valence-electron chi connectivity index (χ3n) is 3.57. The van der Waals surface area contributed by atoms with E-state index in [4.69, 9.17) is 0 Å². The van der Waals surface area contributed by atoms with E-state index in [2.05, 4.69) is 33.7 Å². The maximum Gasteiger partial charge on any atom is 0.221 e. The van der Waals surface area contributed by atoms with Crippen LogP contribution in [0.15, 0.2) is 24.3 Å². The normalized spacial score (nSPS) is 12.1. The molecule has 0 aliphatic rings. The van der Waals surface area contributed by atoms with Crippen molar-refractivity contribution in [3.05, 3.63) is 40.7 Å². The highest BCUT2D eigenvalue weighted by molar-refractivity contribution is 7.05. The van der Waals surface area contributed by atoms with E-state index in [0.717, 1.165) is 22.9 Å². The zero-order valence-electron chi connectivity index (χ0n) is 13.4. The molecule has 0 radical (unpaired) electrons. The molecule has 0 fully saturated rings. The van der Waals surface area contributed by atoms with Gasteiger partial charge >= 0.3 is 0 Å². The van der Waals surface area contributed by atoms with Crippen LogP contribution in [0.1, 0.15) is 61.8 Å². The minimum absolute atomic E-state index is 0.0491. The largest absolute Gasteiger partial charge is 0.326 e. The molecule has 1 unspecified atom stereocenters. The summed E-state index contributed by atoms with van der Waals surface area (Å²) in [5, 5.41) is 3.89. The quantitative estimate of drug-likeness (QED) is 0.764. The number of benzene rings is 1. The number of carbonyl (C=O) groups excluding carboxylic acids is 1. The Bertz CT molecular complexity index is 607. The molecule has 2 aromatic rings. The highest BCUT2D eigenvalue weighted by Gasteiger charge is 2.18. The average Bonchev–Trinajstić information content (AvgIpc) is 2.90. The Labute approximate surface area is 136 Å². The SMILES string of the molecule is CCCCCC(c1ccc(NC(C)=O)cc1)c1nc(C)ns1. The number of nitrogens with one attached hydrogen (secondary N) is 1. The van der Waals surface area contributed by atoms with Crippen molar-refractivity contribution in [1.29, 1.82) is 0 Å². The van der Waals surface area contributed by atoms with E-state index in [1.807, 2.05) is 19.1 Å². The van der Waals surface area contributed by atoms with E-state index in [1.54, 1.807) is 0 Å². The summed E-state index contributed by atoms with van der Waals surface area (Å²) in [6.07, 6.45) is 4.72.